The van der Waals surface area contributed by atoms with Gasteiger partial charge in [0.25, 0.3) is 0 Å². The molecule has 0 saturated heterocycles. The molecular formula is C14H10N2O2S. The Kier molecular flexibility index (Phi) is 2.97. The van der Waals surface area contributed by atoms with Crippen molar-refractivity contribution in [3.05, 3.63) is 54.1 Å². The van der Waals surface area contributed by atoms with Crippen LogP contribution in [0.25, 0.3) is 11.0 Å². The fourth-order valence-electron chi connectivity index (χ4n) is 1.78. The average Bonchev–Trinajstić information content (AvgIpc) is 2.81. The van der Waals surface area contributed by atoms with Gasteiger partial charge in [-0.3, -0.25) is 0 Å². The van der Waals surface area contributed by atoms with Gasteiger partial charge in [-0.1, -0.05) is 30.0 Å². The maximum absolute atomic E-state index is 10.9. The summed E-state index contributed by atoms with van der Waals surface area (Å²) in [7, 11) is 0. The Hall–Kier alpha value is -2.27. The van der Waals surface area contributed by atoms with Gasteiger partial charge in [-0.15, -0.1) is 0 Å². The van der Waals surface area contributed by atoms with Crippen molar-refractivity contribution in [2.24, 2.45) is 0 Å². The number of para-hydroxylation sites is 2. The second-order valence-electron chi connectivity index (χ2n) is 3.99. The summed E-state index contributed by atoms with van der Waals surface area (Å²) in [6, 6.07) is 14.6. The Balaban J connectivity index is 1.92. The minimum Gasteiger partial charge on any atom is -0.478 e. The Morgan fingerprint density at radius 3 is 2.79 bits per heavy atom. The van der Waals surface area contributed by atoms with Crippen molar-refractivity contribution in [2.45, 2.75) is 10.1 Å². The van der Waals surface area contributed by atoms with Gasteiger partial charge in [-0.05, 0) is 30.3 Å². The average molecular weight is 270 g/mol. The lowest BCUT2D eigenvalue weighted by Gasteiger charge is -1.99. The van der Waals surface area contributed by atoms with E-state index >= 15 is 0 Å². The van der Waals surface area contributed by atoms with Crippen LogP contribution in [0.5, 0.6) is 0 Å². The number of aromatic carboxylic acids is 1. The van der Waals surface area contributed by atoms with Crippen LogP contribution in [0.3, 0.4) is 0 Å². The van der Waals surface area contributed by atoms with E-state index in [1.54, 1.807) is 18.2 Å². The van der Waals surface area contributed by atoms with Crippen LogP contribution >= 0.6 is 11.8 Å². The van der Waals surface area contributed by atoms with Crippen molar-refractivity contribution < 1.29 is 9.90 Å². The van der Waals surface area contributed by atoms with E-state index in [9.17, 15) is 4.79 Å². The third kappa shape index (κ3) is 2.46. The predicted molar refractivity (Wildman–Crippen MR) is 73.6 cm³/mol. The van der Waals surface area contributed by atoms with Crippen molar-refractivity contribution in [3.63, 3.8) is 0 Å². The van der Waals surface area contributed by atoms with Gasteiger partial charge >= 0.3 is 5.97 Å². The Labute approximate surface area is 113 Å². The quantitative estimate of drug-likeness (QED) is 0.765. The topological polar surface area (TPSA) is 66.0 Å². The normalized spacial score (nSPS) is 10.7. The van der Waals surface area contributed by atoms with Gasteiger partial charge in [0.2, 0.25) is 0 Å². The number of benzene rings is 2. The van der Waals surface area contributed by atoms with Crippen LogP contribution in [0, 0.1) is 0 Å². The van der Waals surface area contributed by atoms with E-state index in [-0.39, 0.29) is 5.56 Å². The third-order valence-electron chi connectivity index (χ3n) is 2.66. The molecule has 1 heterocycles. The van der Waals surface area contributed by atoms with Crippen molar-refractivity contribution >= 4 is 28.8 Å². The first kappa shape index (κ1) is 11.8. The fraction of sp³-hybridized carbons (Fsp3) is 0. The summed E-state index contributed by atoms with van der Waals surface area (Å²) < 4.78 is 0. The first-order chi connectivity index (χ1) is 9.22. The van der Waals surface area contributed by atoms with E-state index in [1.165, 1.54) is 11.8 Å². The summed E-state index contributed by atoms with van der Waals surface area (Å²) in [5.41, 5.74) is 2.15. The molecule has 0 spiro atoms. The van der Waals surface area contributed by atoms with E-state index < -0.39 is 5.97 Å². The molecule has 0 radical (unpaired) electrons. The number of imidazole rings is 1. The molecule has 0 unspecified atom stereocenters. The smallest absolute Gasteiger partial charge is 0.335 e. The number of carboxylic acids is 1. The molecule has 4 nitrogen and oxygen atoms in total. The van der Waals surface area contributed by atoms with E-state index in [2.05, 4.69) is 9.97 Å². The number of carboxylic acid groups (broad SMARTS) is 1. The van der Waals surface area contributed by atoms with E-state index in [0.717, 1.165) is 21.1 Å². The first-order valence-electron chi connectivity index (χ1n) is 5.68. The summed E-state index contributed by atoms with van der Waals surface area (Å²) in [5, 5.41) is 9.71. The van der Waals surface area contributed by atoms with Crippen LogP contribution in [0.15, 0.2) is 58.6 Å². The molecule has 5 heteroatoms. The molecule has 0 aliphatic carbocycles. The van der Waals surface area contributed by atoms with E-state index in [0.29, 0.717) is 0 Å². The molecular weight excluding hydrogens is 260 g/mol. The molecule has 0 bridgehead atoms. The maximum Gasteiger partial charge on any atom is 0.335 e. The van der Waals surface area contributed by atoms with Gasteiger partial charge in [0.15, 0.2) is 5.16 Å². The number of aromatic nitrogens is 2. The number of fused-ring (bicyclic) bond motifs is 1. The third-order valence-corrected chi connectivity index (χ3v) is 3.54. The molecule has 0 atom stereocenters. The second kappa shape index (κ2) is 4.78. The van der Waals surface area contributed by atoms with Gasteiger partial charge in [-0.2, -0.15) is 0 Å². The molecule has 2 N–H and O–H groups in total. The second-order valence-corrected chi connectivity index (χ2v) is 5.06. The minimum atomic E-state index is -0.924. The van der Waals surface area contributed by atoms with Crippen LogP contribution < -0.4 is 0 Å². The molecule has 0 amide bonds. The summed E-state index contributed by atoms with van der Waals surface area (Å²) in [4.78, 5) is 19.4. The lowest BCUT2D eigenvalue weighted by Crippen LogP contribution is -1.95. The summed E-state index contributed by atoms with van der Waals surface area (Å²) in [6.07, 6.45) is 0. The zero-order valence-corrected chi connectivity index (χ0v) is 10.6. The molecule has 0 saturated carbocycles. The molecule has 2 aromatic carbocycles. The molecule has 3 aromatic rings. The maximum atomic E-state index is 10.9. The van der Waals surface area contributed by atoms with Crippen LogP contribution in [0.2, 0.25) is 0 Å². The molecule has 19 heavy (non-hydrogen) atoms. The van der Waals surface area contributed by atoms with Crippen molar-refractivity contribution in [1.82, 2.24) is 9.97 Å². The van der Waals surface area contributed by atoms with Crippen LogP contribution in [-0.2, 0) is 0 Å². The summed E-state index contributed by atoms with van der Waals surface area (Å²) in [5.74, 6) is -0.924. The zero-order chi connectivity index (χ0) is 13.2. The molecule has 94 valence electrons. The predicted octanol–water partition coefficient (Wildman–Crippen LogP) is 3.41. The highest BCUT2D eigenvalue weighted by atomic mass is 32.2. The van der Waals surface area contributed by atoms with Gasteiger partial charge < -0.3 is 10.1 Å². The largest absolute Gasteiger partial charge is 0.478 e. The van der Waals surface area contributed by atoms with Gasteiger partial charge in [0.1, 0.15) is 0 Å². The van der Waals surface area contributed by atoms with Crippen molar-refractivity contribution in [1.29, 1.82) is 0 Å². The van der Waals surface area contributed by atoms with E-state index in [4.69, 9.17) is 5.11 Å². The van der Waals surface area contributed by atoms with E-state index in [1.807, 2.05) is 30.3 Å². The lowest BCUT2D eigenvalue weighted by atomic mass is 10.2. The Bertz CT molecular complexity index is 719. The number of nitrogens with zero attached hydrogens (tertiary/aromatic N) is 1. The number of nitrogens with one attached hydrogen (secondary N) is 1. The Morgan fingerprint density at radius 2 is 2.00 bits per heavy atom. The lowest BCUT2D eigenvalue weighted by molar-refractivity contribution is 0.0696. The van der Waals surface area contributed by atoms with Crippen LogP contribution in [-0.4, -0.2) is 21.0 Å². The van der Waals surface area contributed by atoms with Crippen molar-refractivity contribution in [2.75, 3.05) is 0 Å². The van der Waals surface area contributed by atoms with Gasteiger partial charge in [0.05, 0.1) is 16.6 Å². The van der Waals surface area contributed by atoms with Gasteiger partial charge in [-0.25, -0.2) is 9.78 Å². The monoisotopic (exact) mass is 270 g/mol. The first-order valence-corrected chi connectivity index (χ1v) is 6.50. The molecule has 0 aliphatic rings. The molecule has 0 aliphatic heterocycles. The highest BCUT2D eigenvalue weighted by Gasteiger charge is 2.07. The SMILES string of the molecule is O=C(O)c1cccc(Sc2nc3ccccc3[nH]2)c1. The van der Waals surface area contributed by atoms with Crippen LogP contribution in [0.4, 0.5) is 0 Å². The number of carbonyl (C=O) groups is 1. The number of hydrogen-bond acceptors (Lipinski definition) is 3. The van der Waals surface area contributed by atoms with Crippen molar-refractivity contribution in [3.8, 4) is 0 Å². The molecule has 3 rings (SSSR count). The molecule has 1 aromatic heterocycles. The summed E-state index contributed by atoms with van der Waals surface area (Å²) >= 11 is 1.41. The standard InChI is InChI=1S/C14H10N2O2S/c17-13(18)9-4-3-5-10(8-9)19-14-15-11-6-1-2-7-12(11)16-14/h1-8H,(H,15,16)(H,17,18). The van der Waals surface area contributed by atoms with Gasteiger partial charge in [0, 0.05) is 4.90 Å². The summed E-state index contributed by atoms with van der Waals surface area (Å²) in [6.45, 7) is 0. The zero-order valence-electron chi connectivity index (χ0n) is 9.83. The number of hydrogen-bond donors (Lipinski definition) is 2. The fourth-order valence-corrected chi connectivity index (χ4v) is 2.64. The van der Waals surface area contributed by atoms with Crippen LogP contribution in [0.1, 0.15) is 10.4 Å². The highest BCUT2D eigenvalue weighted by Crippen LogP contribution is 2.27. The molecule has 0 fully saturated rings. The highest BCUT2D eigenvalue weighted by molar-refractivity contribution is 7.99. The number of H-pyrrole nitrogens is 1. The number of rotatable bonds is 3. The number of aromatic amines is 1. The Morgan fingerprint density at radius 1 is 1.16 bits per heavy atom. The minimum absolute atomic E-state index is 0.279.